The lowest BCUT2D eigenvalue weighted by Crippen LogP contribution is -2.06. The summed E-state index contributed by atoms with van der Waals surface area (Å²) in [6.07, 6.45) is 2.79. The van der Waals surface area contributed by atoms with Gasteiger partial charge in [0.1, 0.15) is 0 Å². The maximum atomic E-state index is 10.7. The largest absolute Gasteiger partial charge is 0.462 e. The molecule has 1 aromatic rings. The van der Waals surface area contributed by atoms with Gasteiger partial charge in [-0.2, -0.15) is 0 Å². The molecule has 0 unspecified atom stereocenters. The first-order chi connectivity index (χ1) is 8.33. The number of ether oxygens (including phenoxy) is 2. The van der Waals surface area contributed by atoms with Crippen molar-refractivity contribution in [3.05, 3.63) is 48.6 Å². The molecule has 0 spiro atoms. The molecule has 0 aromatic heterocycles. The molecule has 0 bridgehead atoms. The lowest BCUT2D eigenvalue weighted by Gasteiger charge is -2.04. The molecule has 3 nitrogen and oxygen atoms in total. The van der Waals surface area contributed by atoms with Crippen LogP contribution in [-0.2, 0) is 20.7 Å². The molecule has 1 aromatic carbocycles. The summed E-state index contributed by atoms with van der Waals surface area (Å²) in [6, 6.07) is 10.2. The fourth-order valence-electron chi connectivity index (χ4n) is 1.33. The number of rotatable bonds is 8. The third-order valence-corrected chi connectivity index (χ3v) is 2.22. The number of esters is 1. The van der Waals surface area contributed by atoms with E-state index in [4.69, 9.17) is 9.47 Å². The Bertz CT molecular complexity index is 333. The van der Waals surface area contributed by atoms with Crippen LogP contribution in [0.3, 0.4) is 0 Å². The highest BCUT2D eigenvalue weighted by Gasteiger charge is 1.95. The standard InChI is InChI=1S/C14H18O3/c1-2-14(15)17-11-6-10-16-12-9-13-7-4-3-5-8-13/h2-5,7-8H,1,6,9-12H2. The minimum absolute atomic E-state index is 0.380. The molecule has 17 heavy (non-hydrogen) atoms. The molecule has 0 saturated carbocycles. The van der Waals surface area contributed by atoms with Crippen LogP contribution in [0.2, 0.25) is 0 Å². The molecule has 0 saturated heterocycles. The Morgan fingerprint density at radius 3 is 2.65 bits per heavy atom. The summed E-state index contributed by atoms with van der Waals surface area (Å²) < 4.78 is 10.3. The molecule has 0 atom stereocenters. The Morgan fingerprint density at radius 2 is 1.94 bits per heavy atom. The minimum Gasteiger partial charge on any atom is -0.462 e. The zero-order valence-corrected chi connectivity index (χ0v) is 9.93. The van der Waals surface area contributed by atoms with Gasteiger partial charge in [0.2, 0.25) is 0 Å². The van der Waals surface area contributed by atoms with E-state index < -0.39 is 0 Å². The zero-order chi connectivity index (χ0) is 12.3. The normalized spacial score (nSPS) is 9.88. The van der Waals surface area contributed by atoms with Crippen molar-refractivity contribution in [2.75, 3.05) is 19.8 Å². The van der Waals surface area contributed by atoms with Gasteiger partial charge in [-0.25, -0.2) is 4.79 Å². The molecule has 0 fully saturated rings. The fraction of sp³-hybridized carbons (Fsp3) is 0.357. The van der Waals surface area contributed by atoms with E-state index in [9.17, 15) is 4.79 Å². The minimum atomic E-state index is -0.380. The summed E-state index contributed by atoms with van der Waals surface area (Å²) in [5, 5.41) is 0. The van der Waals surface area contributed by atoms with Crippen LogP contribution in [0, 0.1) is 0 Å². The summed E-state index contributed by atoms with van der Waals surface area (Å²) in [6.45, 7) is 5.00. The third kappa shape index (κ3) is 6.53. The van der Waals surface area contributed by atoms with Crippen LogP contribution in [0.1, 0.15) is 12.0 Å². The van der Waals surface area contributed by atoms with Crippen molar-refractivity contribution >= 4 is 5.97 Å². The van der Waals surface area contributed by atoms with Crippen molar-refractivity contribution < 1.29 is 14.3 Å². The van der Waals surface area contributed by atoms with Crippen LogP contribution in [-0.4, -0.2) is 25.8 Å². The molecule has 1 rings (SSSR count). The molecule has 0 aliphatic carbocycles. The van der Waals surface area contributed by atoms with Gasteiger partial charge in [0.05, 0.1) is 13.2 Å². The maximum Gasteiger partial charge on any atom is 0.330 e. The Morgan fingerprint density at radius 1 is 1.18 bits per heavy atom. The fourth-order valence-corrected chi connectivity index (χ4v) is 1.33. The first-order valence-corrected chi connectivity index (χ1v) is 5.74. The third-order valence-electron chi connectivity index (χ3n) is 2.22. The van der Waals surface area contributed by atoms with E-state index in [-0.39, 0.29) is 5.97 Å². The molecule has 0 amide bonds. The lowest BCUT2D eigenvalue weighted by molar-refractivity contribution is -0.138. The topological polar surface area (TPSA) is 35.5 Å². The average Bonchev–Trinajstić information content (AvgIpc) is 2.38. The van der Waals surface area contributed by atoms with Crippen LogP contribution >= 0.6 is 0 Å². The van der Waals surface area contributed by atoms with E-state index in [0.717, 1.165) is 12.5 Å². The first-order valence-electron chi connectivity index (χ1n) is 5.74. The van der Waals surface area contributed by atoms with Gasteiger partial charge in [-0.3, -0.25) is 0 Å². The lowest BCUT2D eigenvalue weighted by atomic mass is 10.2. The van der Waals surface area contributed by atoms with E-state index in [1.165, 1.54) is 5.56 Å². The van der Waals surface area contributed by atoms with Gasteiger partial charge in [0.25, 0.3) is 0 Å². The van der Waals surface area contributed by atoms with Gasteiger partial charge in [-0.1, -0.05) is 36.9 Å². The second-order valence-corrected chi connectivity index (χ2v) is 3.57. The van der Waals surface area contributed by atoms with Crippen LogP contribution in [0.15, 0.2) is 43.0 Å². The number of hydrogen-bond donors (Lipinski definition) is 0. The molecule has 3 heteroatoms. The van der Waals surface area contributed by atoms with E-state index in [0.29, 0.717) is 26.2 Å². The van der Waals surface area contributed by atoms with Crippen molar-refractivity contribution in [2.45, 2.75) is 12.8 Å². The summed E-state index contributed by atoms with van der Waals surface area (Å²) in [5.41, 5.74) is 1.27. The molecular weight excluding hydrogens is 216 g/mol. The molecular formula is C14H18O3. The summed E-state index contributed by atoms with van der Waals surface area (Å²) >= 11 is 0. The van der Waals surface area contributed by atoms with Crippen LogP contribution in [0.25, 0.3) is 0 Å². The average molecular weight is 234 g/mol. The van der Waals surface area contributed by atoms with Crippen molar-refractivity contribution in [2.24, 2.45) is 0 Å². The Balaban J connectivity index is 1.95. The van der Waals surface area contributed by atoms with E-state index >= 15 is 0 Å². The Hall–Kier alpha value is -1.61. The van der Waals surface area contributed by atoms with Crippen molar-refractivity contribution in [1.29, 1.82) is 0 Å². The van der Waals surface area contributed by atoms with E-state index in [1.54, 1.807) is 0 Å². The highest BCUT2D eigenvalue weighted by Crippen LogP contribution is 1.99. The molecule has 0 aliphatic rings. The first kappa shape index (κ1) is 13.5. The number of carbonyl (C=O) groups excluding carboxylic acids is 1. The van der Waals surface area contributed by atoms with Crippen LogP contribution in [0.4, 0.5) is 0 Å². The van der Waals surface area contributed by atoms with Gasteiger partial charge < -0.3 is 9.47 Å². The number of benzene rings is 1. The van der Waals surface area contributed by atoms with Gasteiger partial charge in [0, 0.05) is 19.1 Å². The zero-order valence-electron chi connectivity index (χ0n) is 9.93. The molecule has 0 radical (unpaired) electrons. The summed E-state index contributed by atoms with van der Waals surface area (Å²) in [5.74, 6) is -0.380. The van der Waals surface area contributed by atoms with E-state index in [1.807, 2.05) is 18.2 Å². The van der Waals surface area contributed by atoms with Crippen LogP contribution in [0.5, 0.6) is 0 Å². The quantitative estimate of drug-likeness (QED) is 0.393. The van der Waals surface area contributed by atoms with Crippen LogP contribution < -0.4 is 0 Å². The predicted molar refractivity (Wildman–Crippen MR) is 66.7 cm³/mol. The van der Waals surface area contributed by atoms with Crippen molar-refractivity contribution in [3.8, 4) is 0 Å². The second-order valence-electron chi connectivity index (χ2n) is 3.57. The second kappa shape index (κ2) is 8.53. The van der Waals surface area contributed by atoms with Crippen molar-refractivity contribution in [3.63, 3.8) is 0 Å². The number of hydrogen-bond acceptors (Lipinski definition) is 3. The predicted octanol–water partition coefficient (Wildman–Crippen LogP) is 2.37. The Labute approximate surface area is 102 Å². The Kier molecular flexibility index (Phi) is 6.75. The monoisotopic (exact) mass is 234 g/mol. The summed E-state index contributed by atoms with van der Waals surface area (Å²) in [7, 11) is 0. The molecule has 0 heterocycles. The van der Waals surface area contributed by atoms with Gasteiger partial charge in [-0.05, 0) is 12.0 Å². The van der Waals surface area contributed by atoms with Gasteiger partial charge >= 0.3 is 5.97 Å². The molecule has 0 N–H and O–H groups in total. The highest BCUT2D eigenvalue weighted by molar-refractivity contribution is 5.81. The van der Waals surface area contributed by atoms with Gasteiger partial charge in [-0.15, -0.1) is 0 Å². The molecule has 92 valence electrons. The van der Waals surface area contributed by atoms with E-state index in [2.05, 4.69) is 18.7 Å². The highest BCUT2D eigenvalue weighted by atomic mass is 16.5. The SMILES string of the molecule is C=CC(=O)OCCCOCCc1ccccc1. The molecule has 0 aliphatic heterocycles. The smallest absolute Gasteiger partial charge is 0.330 e. The van der Waals surface area contributed by atoms with Gasteiger partial charge in [0.15, 0.2) is 0 Å². The summed E-state index contributed by atoms with van der Waals surface area (Å²) in [4.78, 5) is 10.7. The van der Waals surface area contributed by atoms with Crippen molar-refractivity contribution in [1.82, 2.24) is 0 Å². The maximum absolute atomic E-state index is 10.7. The number of carbonyl (C=O) groups is 1.